The summed E-state index contributed by atoms with van der Waals surface area (Å²) in [5, 5.41) is 16.9. The minimum atomic E-state index is -5.04. The lowest BCUT2D eigenvalue weighted by Gasteiger charge is -2.29. The van der Waals surface area contributed by atoms with Gasteiger partial charge in [0.2, 0.25) is 0 Å². The zero-order valence-electron chi connectivity index (χ0n) is 16.8. The van der Waals surface area contributed by atoms with Gasteiger partial charge in [-0.3, -0.25) is 4.79 Å². The predicted octanol–water partition coefficient (Wildman–Crippen LogP) is 5.15. The van der Waals surface area contributed by atoms with Crippen LogP contribution in [0.5, 0.6) is 0 Å². The van der Waals surface area contributed by atoms with Crippen LogP contribution >= 0.6 is 0 Å². The predicted molar refractivity (Wildman–Crippen MR) is 107 cm³/mol. The summed E-state index contributed by atoms with van der Waals surface area (Å²) in [5.74, 6) is -1.97. The van der Waals surface area contributed by atoms with Crippen molar-refractivity contribution in [2.45, 2.75) is 24.7 Å². The molecule has 2 aromatic carbocycles. The molecule has 4 N–H and O–H groups in total. The van der Waals surface area contributed by atoms with Gasteiger partial charge in [0.1, 0.15) is 0 Å². The van der Waals surface area contributed by atoms with Gasteiger partial charge in [-0.05, 0) is 48.9 Å². The molecule has 2 atom stereocenters. The Morgan fingerprint density at radius 2 is 1.52 bits per heavy atom. The van der Waals surface area contributed by atoms with E-state index in [1.54, 1.807) is 12.1 Å². The number of halogens is 6. The zero-order valence-corrected chi connectivity index (χ0v) is 16.8. The third-order valence-corrected chi connectivity index (χ3v) is 5.22. The Balaban J connectivity index is 1.79. The van der Waals surface area contributed by atoms with Gasteiger partial charge in [0.25, 0.3) is 0 Å². The van der Waals surface area contributed by atoms with Crippen LogP contribution in [0.1, 0.15) is 29.0 Å². The molecule has 1 aliphatic heterocycles. The van der Waals surface area contributed by atoms with Gasteiger partial charge in [-0.25, -0.2) is 4.79 Å². The Morgan fingerprint density at radius 1 is 0.909 bits per heavy atom. The highest BCUT2D eigenvalue weighted by molar-refractivity contribution is 6.00. The number of carbonyl (C=O) groups excluding carboxylic acids is 1. The van der Waals surface area contributed by atoms with E-state index in [2.05, 4.69) is 10.6 Å². The number of nitrogens with one attached hydrogen (secondary N) is 3. The molecule has 0 spiro atoms. The number of urea groups is 1. The number of carboxylic acids is 1. The Hall–Kier alpha value is -3.28. The lowest BCUT2D eigenvalue weighted by molar-refractivity contribution is -0.144. The topological polar surface area (TPSA) is 90.5 Å². The van der Waals surface area contributed by atoms with E-state index >= 15 is 0 Å². The summed E-state index contributed by atoms with van der Waals surface area (Å²) in [6.07, 6.45) is -9.68. The van der Waals surface area contributed by atoms with Crippen molar-refractivity contribution in [1.82, 2.24) is 5.32 Å². The molecule has 2 aromatic rings. The first-order valence-electron chi connectivity index (χ1n) is 9.75. The molecule has 0 bridgehead atoms. The van der Waals surface area contributed by atoms with Crippen LogP contribution in [0.3, 0.4) is 0 Å². The van der Waals surface area contributed by atoms with E-state index in [1.807, 2.05) is 5.32 Å². The van der Waals surface area contributed by atoms with Gasteiger partial charge in [0.15, 0.2) is 0 Å². The molecule has 0 radical (unpaired) electrons. The SMILES string of the molecule is O=C(Nc1cccc([C@@H]2CNCC[C@H]2C(=O)O)c1)Nc1cc(C(F)(F)F)cc(C(F)(F)F)c1. The van der Waals surface area contributed by atoms with Crippen LogP contribution in [0.25, 0.3) is 0 Å². The van der Waals surface area contributed by atoms with E-state index in [-0.39, 0.29) is 17.7 Å². The highest BCUT2D eigenvalue weighted by atomic mass is 19.4. The minimum Gasteiger partial charge on any atom is -0.481 e. The van der Waals surface area contributed by atoms with E-state index in [1.165, 1.54) is 12.1 Å². The third-order valence-electron chi connectivity index (χ3n) is 5.22. The van der Waals surface area contributed by atoms with Crippen molar-refractivity contribution in [3.63, 3.8) is 0 Å². The Kier molecular flexibility index (Phi) is 6.86. The summed E-state index contributed by atoms with van der Waals surface area (Å²) in [6.45, 7) is 0.946. The summed E-state index contributed by atoms with van der Waals surface area (Å²) < 4.78 is 77.9. The molecule has 0 aromatic heterocycles. The van der Waals surface area contributed by atoms with Gasteiger partial charge in [0, 0.05) is 23.8 Å². The number of carbonyl (C=O) groups is 2. The van der Waals surface area contributed by atoms with Crippen LogP contribution in [0.15, 0.2) is 42.5 Å². The van der Waals surface area contributed by atoms with Gasteiger partial charge >= 0.3 is 24.4 Å². The second kappa shape index (κ2) is 9.30. The highest BCUT2D eigenvalue weighted by Gasteiger charge is 2.37. The summed E-state index contributed by atoms with van der Waals surface area (Å²) in [4.78, 5) is 23.8. The number of benzene rings is 2. The molecule has 12 heteroatoms. The fourth-order valence-electron chi connectivity index (χ4n) is 3.67. The number of piperidine rings is 1. The van der Waals surface area contributed by atoms with E-state index < -0.39 is 47.1 Å². The number of aliphatic carboxylic acids is 1. The first-order chi connectivity index (χ1) is 15.3. The van der Waals surface area contributed by atoms with Crippen molar-refractivity contribution >= 4 is 23.4 Å². The molecule has 0 aliphatic carbocycles. The fourth-order valence-corrected chi connectivity index (χ4v) is 3.67. The van der Waals surface area contributed by atoms with Crippen LogP contribution in [0.2, 0.25) is 0 Å². The largest absolute Gasteiger partial charge is 0.481 e. The Morgan fingerprint density at radius 3 is 2.09 bits per heavy atom. The molecule has 1 saturated heterocycles. The van der Waals surface area contributed by atoms with Crippen LogP contribution in [0, 0.1) is 5.92 Å². The normalized spacial score (nSPS) is 19.1. The van der Waals surface area contributed by atoms with E-state index in [9.17, 15) is 41.0 Å². The lowest BCUT2D eigenvalue weighted by Crippen LogP contribution is -2.38. The molecule has 6 nitrogen and oxygen atoms in total. The second-order valence-corrected chi connectivity index (χ2v) is 7.54. The first kappa shape index (κ1) is 24.4. The average Bonchev–Trinajstić information content (AvgIpc) is 2.72. The molecular weight excluding hydrogens is 456 g/mol. The van der Waals surface area contributed by atoms with Gasteiger partial charge in [-0.15, -0.1) is 0 Å². The molecule has 1 heterocycles. The number of carboxylic acid groups (broad SMARTS) is 1. The summed E-state index contributed by atoms with van der Waals surface area (Å²) >= 11 is 0. The monoisotopic (exact) mass is 475 g/mol. The number of alkyl halides is 6. The molecular formula is C21H19F6N3O3. The van der Waals surface area contributed by atoms with Crippen LogP contribution in [-0.4, -0.2) is 30.2 Å². The molecule has 1 aliphatic rings. The number of rotatable bonds is 4. The van der Waals surface area contributed by atoms with Crippen LogP contribution in [-0.2, 0) is 17.1 Å². The van der Waals surface area contributed by atoms with Crippen molar-refractivity contribution in [1.29, 1.82) is 0 Å². The highest BCUT2D eigenvalue weighted by Crippen LogP contribution is 2.37. The van der Waals surface area contributed by atoms with Crippen LogP contribution in [0.4, 0.5) is 42.5 Å². The Bertz CT molecular complexity index is 1010. The quantitative estimate of drug-likeness (QED) is 0.461. The maximum Gasteiger partial charge on any atom is 0.416 e. The fraction of sp³-hybridized carbons (Fsp3) is 0.333. The number of amides is 2. The molecule has 178 valence electrons. The Labute approximate surface area is 184 Å². The number of anilines is 2. The third kappa shape index (κ3) is 6.15. The summed E-state index contributed by atoms with van der Waals surface area (Å²) in [5.41, 5.74) is -2.99. The second-order valence-electron chi connectivity index (χ2n) is 7.54. The van der Waals surface area contributed by atoms with E-state index in [0.717, 1.165) is 0 Å². The summed E-state index contributed by atoms with van der Waals surface area (Å²) in [7, 11) is 0. The molecule has 0 unspecified atom stereocenters. The lowest BCUT2D eigenvalue weighted by atomic mass is 9.81. The maximum atomic E-state index is 13.0. The number of hydrogen-bond donors (Lipinski definition) is 4. The maximum absolute atomic E-state index is 13.0. The van der Waals surface area contributed by atoms with Crippen molar-refractivity contribution < 1.29 is 41.0 Å². The van der Waals surface area contributed by atoms with Crippen molar-refractivity contribution in [3.05, 3.63) is 59.2 Å². The minimum absolute atomic E-state index is 0.0381. The van der Waals surface area contributed by atoms with E-state index in [0.29, 0.717) is 37.2 Å². The summed E-state index contributed by atoms with van der Waals surface area (Å²) in [6, 6.07) is 5.92. The smallest absolute Gasteiger partial charge is 0.416 e. The van der Waals surface area contributed by atoms with E-state index in [4.69, 9.17) is 0 Å². The van der Waals surface area contributed by atoms with Crippen molar-refractivity contribution in [2.75, 3.05) is 23.7 Å². The number of hydrogen-bond acceptors (Lipinski definition) is 3. The van der Waals surface area contributed by atoms with Crippen molar-refractivity contribution in [3.8, 4) is 0 Å². The molecule has 33 heavy (non-hydrogen) atoms. The van der Waals surface area contributed by atoms with Gasteiger partial charge < -0.3 is 21.1 Å². The standard InChI is InChI=1S/C21H19F6N3O3/c22-20(23,24)12-7-13(21(25,26)27)9-15(8-12)30-19(33)29-14-3-1-2-11(6-14)17-10-28-5-4-16(17)18(31)32/h1-3,6-9,16-17,28H,4-5,10H2,(H,31,32)(H2,29,30,33)/t16-,17+/m1/s1. The van der Waals surface area contributed by atoms with Gasteiger partial charge in [-0.1, -0.05) is 12.1 Å². The molecule has 2 amide bonds. The van der Waals surface area contributed by atoms with Crippen molar-refractivity contribution in [2.24, 2.45) is 5.92 Å². The van der Waals surface area contributed by atoms with Crippen LogP contribution < -0.4 is 16.0 Å². The molecule has 1 fully saturated rings. The average molecular weight is 475 g/mol. The first-order valence-corrected chi connectivity index (χ1v) is 9.75. The van der Waals surface area contributed by atoms with Gasteiger partial charge in [0.05, 0.1) is 17.0 Å². The molecule has 3 rings (SSSR count). The zero-order chi connectivity index (χ0) is 24.4. The van der Waals surface area contributed by atoms with Gasteiger partial charge in [-0.2, -0.15) is 26.3 Å². The molecule has 0 saturated carbocycles.